The lowest BCUT2D eigenvalue weighted by Gasteiger charge is -2.29. The first-order valence-electron chi connectivity index (χ1n) is 6.41. The first-order valence-corrected chi connectivity index (χ1v) is 8.06. The van der Waals surface area contributed by atoms with E-state index in [9.17, 15) is 4.79 Å². The Hall–Kier alpha value is -1.27. The lowest BCUT2D eigenvalue weighted by Crippen LogP contribution is -2.37. The first kappa shape index (κ1) is 12.7. The zero-order valence-electron chi connectivity index (χ0n) is 10.7. The van der Waals surface area contributed by atoms with Crippen LogP contribution in [0.5, 0.6) is 0 Å². The second kappa shape index (κ2) is 5.38. The van der Waals surface area contributed by atoms with Crippen LogP contribution >= 0.6 is 22.9 Å². The number of piperidine rings is 1. The van der Waals surface area contributed by atoms with Gasteiger partial charge in [0.1, 0.15) is 10.6 Å². The fourth-order valence-corrected chi connectivity index (χ4v) is 3.69. The fourth-order valence-electron chi connectivity index (χ4n) is 2.26. The molecule has 0 aromatic carbocycles. The molecule has 0 atom stereocenters. The number of hydrogen-bond donors (Lipinski definition) is 0. The van der Waals surface area contributed by atoms with Crippen molar-refractivity contribution >= 4 is 28.8 Å². The molecule has 0 radical (unpaired) electrons. The molecule has 0 unspecified atom stereocenters. The van der Waals surface area contributed by atoms with Crippen LogP contribution in [0.4, 0.5) is 0 Å². The maximum atomic E-state index is 12.5. The molecule has 6 heteroatoms. The van der Waals surface area contributed by atoms with Crippen molar-refractivity contribution in [3.8, 4) is 10.6 Å². The molecule has 1 aliphatic rings. The molecule has 1 aliphatic heterocycles. The molecule has 0 saturated carbocycles. The summed E-state index contributed by atoms with van der Waals surface area (Å²) in [7, 11) is 0. The molecular formula is C13H15N3OS2. The highest BCUT2D eigenvalue weighted by Gasteiger charge is 2.26. The first-order chi connectivity index (χ1) is 9.25. The Bertz CT molecular complexity index is 556. The Labute approximate surface area is 120 Å². The van der Waals surface area contributed by atoms with Gasteiger partial charge in [0.05, 0.1) is 4.88 Å². The molecule has 0 spiro atoms. The second-order valence-electron chi connectivity index (χ2n) is 4.90. The molecule has 3 heterocycles. The Morgan fingerprint density at radius 1 is 1.42 bits per heavy atom. The predicted octanol–water partition coefficient (Wildman–Crippen LogP) is 3.14. The number of nitrogens with zero attached hydrogens (tertiary/aromatic N) is 3. The molecule has 1 amide bonds. The van der Waals surface area contributed by atoms with Crippen molar-refractivity contribution in [2.45, 2.75) is 19.8 Å². The van der Waals surface area contributed by atoms with Gasteiger partial charge in [-0.15, -0.1) is 16.4 Å². The van der Waals surface area contributed by atoms with E-state index in [1.165, 1.54) is 11.5 Å². The Morgan fingerprint density at radius 2 is 2.21 bits per heavy atom. The highest BCUT2D eigenvalue weighted by Crippen LogP contribution is 2.29. The topological polar surface area (TPSA) is 46.1 Å². The predicted molar refractivity (Wildman–Crippen MR) is 77.5 cm³/mol. The van der Waals surface area contributed by atoms with Crippen molar-refractivity contribution in [1.29, 1.82) is 0 Å². The Kier molecular flexibility index (Phi) is 3.61. The Balaban J connectivity index is 1.83. The average molecular weight is 293 g/mol. The zero-order valence-corrected chi connectivity index (χ0v) is 12.3. The van der Waals surface area contributed by atoms with Gasteiger partial charge in [-0.2, -0.15) is 0 Å². The van der Waals surface area contributed by atoms with Crippen molar-refractivity contribution in [1.82, 2.24) is 14.5 Å². The zero-order chi connectivity index (χ0) is 13.2. The van der Waals surface area contributed by atoms with E-state index in [0.29, 0.717) is 4.88 Å². The van der Waals surface area contributed by atoms with Gasteiger partial charge in [0.2, 0.25) is 0 Å². The maximum Gasteiger partial charge on any atom is 0.267 e. The highest BCUT2D eigenvalue weighted by atomic mass is 32.1. The van der Waals surface area contributed by atoms with Crippen molar-refractivity contribution < 1.29 is 4.79 Å². The number of likely N-dealkylation sites (tertiary alicyclic amines) is 1. The number of thiophene rings is 1. The third-order valence-corrected chi connectivity index (χ3v) is 5.10. The van der Waals surface area contributed by atoms with Gasteiger partial charge in [-0.3, -0.25) is 4.79 Å². The minimum absolute atomic E-state index is 0.0882. The summed E-state index contributed by atoms with van der Waals surface area (Å²) in [6, 6.07) is 3.95. The van der Waals surface area contributed by atoms with E-state index in [2.05, 4.69) is 16.5 Å². The van der Waals surface area contributed by atoms with Crippen LogP contribution in [0.25, 0.3) is 10.6 Å². The molecule has 2 aromatic heterocycles. The molecule has 100 valence electrons. The van der Waals surface area contributed by atoms with Gasteiger partial charge in [0, 0.05) is 13.1 Å². The molecule has 0 N–H and O–H groups in total. The van der Waals surface area contributed by atoms with Gasteiger partial charge >= 0.3 is 0 Å². The number of carbonyl (C=O) groups is 1. The average Bonchev–Trinajstić information content (AvgIpc) is 3.09. The van der Waals surface area contributed by atoms with E-state index in [1.807, 2.05) is 22.4 Å². The lowest BCUT2D eigenvalue weighted by molar-refractivity contribution is 0.0702. The second-order valence-corrected chi connectivity index (χ2v) is 6.60. The normalized spacial score (nSPS) is 16.8. The Morgan fingerprint density at radius 3 is 2.89 bits per heavy atom. The molecule has 1 saturated heterocycles. The van der Waals surface area contributed by atoms with Crippen molar-refractivity contribution in [2.75, 3.05) is 13.1 Å². The van der Waals surface area contributed by atoms with E-state index in [4.69, 9.17) is 0 Å². The summed E-state index contributed by atoms with van der Waals surface area (Å²) in [6.07, 6.45) is 2.18. The van der Waals surface area contributed by atoms with Gasteiger partial charge in [0.25, 0.3) is 5.91 Å². The van der Waals surface area contributed by atoms with Crippen LogP contribution in [0.2, 0.25) is 0 Å². The summed E-state index contributed by atoms with van der Waals surface area (Å²) in [6.45, 7) is 3.94. The summed E-state index contributed by atoms with van der Waals surface area (Å²) in [4.78, 5) is 16.2. The summed E-state index contributed by atoms with van der Waals surface area (Å²) in [5.41, 5.74) is 0.739. The van der Waals surface area contributed by atoms with Crippen LogP contribution in [-0.2, 0) is 0 Å². The van der Waals surface area contributed by atoms with Gasteiger partial charge in [-0.25, -0.2) is 0 Å². The third-order valence-electron chi connectivity index (χ3n) is 3.51. The molecule has 0 bridgehead atoms. The van der Waals surface area contributed by atoms with E-state index >= 15 is 0 Å². The smallest absolute Gasteiger partial charge is 0.267 e. The molecule has 0 aliphatic carbocycles. The standard InChI is InChI=1S/C13H15N3OS2/c1-9-4-6-16(7-5-9)13(17)12-11(14-15-19-12)10-3-2-8-18-10/h2-3,8-9H,4-7H2,1H3. The van der Waals surface area contributed by atoms with Crippen LogP contribution in [0.1, 0.15) is 29.4 Å². The van der Waals surface area contributed by atoms with Crippen LogP contribution in [-0.4, -0.2) is 33.5 Å². The monoisotopic (exact) mass is 293 g/mol. The van der Waals surface area contributed by atoms with Gasteiger partial charge in [-0.05, 0) is 41.7 Å². The van der Waals surface area contributed by atoms with Crippen molar-refractivity contribution in [2.24, 2.45) is 5.92 Å². The molecule has 19 heavy (non-hydrogen) atoms. The largest absolute Gasteiger partial charge is 0.338 e. The third kappa shape index (κ3) is 2.55. The number of rotatable bonds is 2. The van der Waals surface area contributed by atoms with Crippen molar-refractivity contribution in [3.63, 3.8) is 0 Å². The maximum absolute atomic E-state index is 12.5. The minimum atomic E-state index is 0.0882. The molecular weight excluding hydrogens is 278 g/mol. The SMILES string of the molecule is CC1CCN(C(=O)c2snnc2-c2cccs2)CC1. The lowest BCUT2D eigenvalue weighted by atomic mass is 9.99. The molecule has 1 fully saturated rings. The van der Waals surface area contributed by atoms with Gasteiger partial charge < -0.3 is 4.90 Å². The number of carbonyl (C=O) groups excluding carboxylic acids is 1. The molecule has 4 nitrogen and oxygen atoms in total. The molecule has 3 rings (SSSR count). The summed E-state index contributed by atoms with van der Waals surface area (Å²) < 4.78 is 3.96. The highest BCUT2D eigenvalue weighted by molar-refractivity contribution is 7.14. The van der Waals surface area contributed by atoms with Crippen LogP contribution in [0.15, 0.2) is 17.5 Å². The van der Waals surface area contributed by atoms with Gasteiger partial charge in [0.15, 0.2) is 0 Å². The van der Waals surface area contributed by atoms with E-state index in [1.54, 1.807) is 11.3 Å². The van der Waals surface area contributed by atoms with Crippen LogP contribution in [0, 0.1) is 5.92 Å². The summed E-state index contributed by atoms with van der Waals surface area (Å²) in [5.74, 6) is 0.811. The van der Waals surface area contributed by atoms with Crippen LogP contribution in [0.3, 0.4) is 0 Å². The van der Waals surface area contributed by atoms with Gasteiger partial charge in [-0.1, -0.05) is 17.5 Å². The van der Waals surface area contributed by atoms with E-state index in [-0.39, 0.29) is 5.91 Å². The number of aromatic nitrogens is 2. The summed E-state index contributed by atoms with van der Waals surface area (Å²) in [5, 5.41) is 6.11. The quantitative estimate of drug-likeness (QED) is 0.854. The van der Waals surface area contributed by atoms with E-state index in [0.717, 1.165) is 42.4 Å². The van der Waals surface area contributed by atoms with E-state index < -0.39 is 0 Å². The van der Waals surface area contributed by atoms with Crippen LogP contribution < -0.4 is 0 Å². The fraction of sp³-hybridized carbons (Fsp3) is 0.462. The minimum Gasteiger partial charge on any atom is -0.338 e. The number of hydrogen-bond acceptors (Lipinski definition) is 5. The van der Waals surface area contributed by atoms with Crippen molar-refractivity contribution in [3.05, 3.63) is 22.4 Å². The molecule has 2 aromatic rings. The number of amides is 1. The summed E-state index contributed by atoms with van der Waals surface area (Å²) >= 11 is 2.80.